The van der Waals surface area contributed by atoms with Crippen LogP contribution in [0.3, 0.4) is 0 Å². The van der Waals surface area contributed by atoms with E-state index in [1.807, 2.05) is 0 Å². The normalized spacial score (nSPS) is 15.4. The van der Waals surface area contributed by atoms with E-state index in [2.05, 4.69) is 4.74 Å². The molecule has 0 bridgehead atoms. The van der Waals surface area contributed by atoms with Gasteiger partial charge in [-0.15, -0.1) is 0 Å². The Labute approximate surface area is 101 Å². The van der Waals surface area contributed by atoms with Gasteiger partial charge in [0.25, 0.3) is 0 Å². The number of rotatable bonds is 4. The summed E-state index contributed by atoms with van der Waals surface area (Å²) in [6, 6.07) is 6.94. The Morgan fingerprint density at radius 1 is 1.29 bits per heavy atom. The average Bonchev–Trinajstić information content (AvgIpc) is 2.25. The first-order valence-corrected chi connectivity index (χ1v) is 5.07. The van der Waals surface area contributed by atoms with Crippen LogP contribution in [0.1, 0.15) is 12.0 Å². The van der Waals surface area contributed by atoms with Crippen molar-refractivity contribution in [2.45, 2.75) is 18.2 Å². The number of ether oxygens (including phenoxy) is 1. The van der Waals surface area contributed by atoms with Crippen molar-refractivity contribution < 1.29 is 22.7 Å². The van der Waals surface area contributed by atoms with E-state index < -0.39 is 23.4 Å². The zero-order valence-electron chi connectivity index (χ0n) is 8.92. The molecule has 94 valence electrons. The van der Waals surface area contributed by atoms with Gasteiger partial charge in [0, 0.05) is 7.11 Å². The Morgan fingerprint density at radius 3 is 2.18 bits per heavy atom. The van der Waals surface area contributed by atoms with Crippen molar-refractivity contribution in [1.29, 1.82) is 0 Å². The van der Waals surface area contributed by atoms with Gasteiger partial charge < -0.3 is 4.74 Å². The van der Waals surface area contributed by atoms with Crippen molar-refractivity contribution in [3.63, 3.8) is 0 Å². The Morgan fingerprint density at radius 2 is 1.82 bits per heavy atom. The second kappa shape index (κ2) is 5.06. The first-order valence-electron chi connectivity index (χ1n) is 4.69. The molecule has 0 saturated heterocycles. The van der Waals surface area contributed by atoms with E-state index >= 15 is 0 Å². The van der Waals surface area contributed by atoms with Gasteiger partial charge in [0.05, 0.1) is 6.42 Å². The van der Waals surface area contributed by atoms with Crippen LogP contribution in [-0.4, -0.2) is 18.5 Å². The van der Waals surface area contributed by atoms with Gasteiger partial charge in [-0.2, -0.15) is 13.2 Å². The van der Waals surface area contributed by atoms with E-state index in [0.29, 0.717) is 0 Å². The average molecular weight is 267 g/mol. The monoisotopic (exact) mass is 266 g/mol. The highest BCUT2D eigenvalue weighted by molar-refractivity contribution is 6.63. The minimum Gasteiger partial charge on any atom is -0.364 e. The number of hydrogen-bond acceptors (Lipinski definition) is 2. The molecule has 17 heavy (non-hydrogen) atoms. The summed E-state index contributed by atoms with van der Waals surface area (Å²) in [4.78, 5) is 10.8. The third kappa shape index (κ3) is 2.79. The molecule has 0 spiro atoms. The number of carbonyl (C=O) groups excluding carboxylic acids is 1. The molecule has 0 aliphatic rings. The summed E-state index contributed by atoms with van der Waals surface area (Å²) in [6.07, 6.45) is -5.69. The summed E-state index contributed by atoms with van der Waals surface area (Å²) in [5, 5.41) is -1.10. The summed E-state index contributed by atoms with van der Waals surface area (Å²) in [5.41, 5.74) is -2.84. The van der Waals surface area contributed by atoms with Crippen molar-refractivity contribution in [2.75, 3.05) is 7.11 Å². The summed E-state index contributed by atoms with van der Waals surface area (Å²) in [5.74, 6) is 0. The van der Waals surface area contributed by atoms with Crippen LogP contribution in [0, 0.1) is 0 Å². The zero-order chi connectivity index (χ0) is 13.1. The van der Waals surface area contributed by atoms with Gasteiger partial charge in [-0.05, 0) is 17.2 Å². The molecule has 0 unspecified atom stereocenters. The molecule has 0 N–H and O–H groups in total. The molecule has 0 saturated carbocycles. The van der Waals surface area contributed by atoms with E-state index in [9.17, 15) is 18.0 Å². The highest BCUT2D eigenvalue weighted by atomic mass is 35.5. The molecule has 0 amide bonds. The van der Waals surface area contributed by atoms with Crippen LogP contribution in [0.4, 0.5) is 13.2 Å². The molecule has 6 heteroatoms. The molecule has 1 rings (SSSR count). The van der Waals surface area contributed by atoms with Gasteiger partial charge in [-0.25, -0.2) is 0 Å². The van der Waals surface area contributed by atoms with E-state index in [1.54, 1.807) is 6.07 Å². The largest absolute Gasteiger partial charge is 0.422 e. The Balaban J connectivity index is 3.31. The Kier molecular flexibility index (Phi) is 4.16. The minimum absolute atomic E-state index is 0.149. The predicted octanol–water partition coefficient (Wildman–Crippen LogP) is 3.25. The standard InChI is InChI=1S/C11H10ClF3O2/c1-17-10(7-9(12)16,11(13,14)15)8-5-3-2-4-6-8/h2-6H,7H2,1H3/t10-/m0/s1. The quantitative estimate of drug-likeness (QED) is 0.782. The lowest BCUT2D eigenvalue weighted by molar-refractivity contribution is -0.276. The zero-order valence-corrected chi connectivity index (χ0v) is 9.68. The summed E-state index contributed by atoms with van der Waals surface area (Å²) in [7, 11) is 0.903. The highest BCUT2D eigenvalue weighted by Crippen LogP contribution is 2.44. The van der Waals surface area contributed by atoms with Crippen LogP contribution >= 0.6 is 11.6 Å². The summed E-state index contributed by atoms with van der Waals surface area (Å²) < 4.78 is 43.8. The predicted molar refractivity (Wildman–Crippen MR) is 56.7 cm³/mol. The maximum absolute atomic E-state index is 13.1. The number of halogens is 4. The van der Waals surface area contributed by atoms with Gasteiger partial charge in [0.1, 0.15) is 0 Å². The van der Waals surface area contributed by atoms with Gasteiger partial charge in [-0.3, -0.25) is 4.79 Å². The van der Waals surface area contributed by atoms with Gasteiger partial charge in [0.2, 0.25) is 5.24 Å². The maximum Gasteiger partial charge on any atom is 0.422 e. The second-order valence-electron chi connectivity index (χ2n) is 3.43. The number of alkyl halides is 3. The van der Waals surface area contributed by atoms with Crippen molar-refractivity contribution in [3.05, 3.63) is 35.9 Å². The van der Waals surface area contributed by atoms with Gasteiger partial charge in [-0.1, -0.05) is 30.3 Å². The molecule has 0 aliphatic carbocycles. The molecular formula is C11H10ClF3O2. The van der Waals surface area contributed by atoms with Crippen LogP contribution in [0.2, 0.25) is 0 Å². The van der Waals surface area contributed by atoms with E-state index in [4.69, 9.17) is 11.6 Å². The fraction of sp³-hybridized carbons (Fsp3) is 0.364. The van der Waals surface area contributed by atoms with Gasteiger partial charge in [0.15, 0.2) is 5.60 Å². The highest BCUT2D eigenvalue weighted by Gasteiger charge is 2.57. The van der Waals surface area contributed by atoms with Crippen LogP contribution < -0.4 is 0 Å². The van der Waals surface area contributed by atoms with Crippen molar-refractivity contribution in [3.8, 4) is 0 Å². The number of benzene rings is 1. The SMILES string of the molecule is CO[C@@](CC(=O)Cl)(c1ccccc1)C(F)(F)F. The Hall–Kier alpha value is -1.07. The lowest BCUT2D eigenvalue weighted by Crippen LogP contribution is -2.45. The number of carbonyl (C=O) groups is 1. The second-order valence-corrected chi connectivity index (χ2v) is 3.85. The van der Waals surface area contributed by atoms with E-state index in [1.165, 1.54) is 24.3 Å². The third-order valence-corrected chi connectivity index (χ3v) is 2.57. The molecular weight excluding hydrogens is 257 g/mol. The molecule has 2 nitrogen and oxygen atoms in total. The first-order chi connectivity index (χ1) is 7.83. The topological polar surface area (TPSA) is 26.3 Å². The number of methoxy groups -OCH3 is 1. The molecule has 0 fully saturated rings. The number of hydrogen-bond donors (Lipinski definition) is 0. The molecule has 0 radical (unpaired) electrons. The maximum atomic E-state index is 13.1. The van der Waals surface area contributed by atoms with Gasteiger partial charge >= 0.3 is 6.18 Å². The van der Waals surface area contributed by atoms with Crippen molar-refractivity contribution in [2.24, 2.45) is 0 Å². The Bertz CT molecular complexity index is 391. The molecule has 1 aromatic rings. The fourth-order valence-electron chi connectivity index (χ4n) is 1.57. The van der Waals surface area contributed by atoms with E-state index in [-0.39, 0.29) is 5.56 Å². The van der Waals surface area contributed by atoms with Crippen LogP contribution in [0.5, 0.6) is 0 Å². The fourth-order valence-corrected chi connectivity index (χ4v) is 1.76. The first kappa shape index (κ1) is 14.0. The van der Waals surface area contributed by atoms with Crippen molar-refractivity contribution in [1.82, 2.24) is 0 Å². The van der Waals surface area contributed by atoms with E-state index in [0.717, 1.165) is 7.11 Å². The van der Waals surface area contributed by atoms with Crippen LogP contribution in [0.15, 0.2) is 30.3 Å². The third-order valence-electron chi connectivity index (χ3n) is 2.43. The summed E-state index contributed by atoms with van der Waals surface area (Å²) in [6.45, 7) is 0. The van der Waals surface area contributed by atoms with Crippen molar-refractivity contribution >= 4 is 16.8 Å². The smallest absolute Gasteiger partial charge is 0.364 e. The molecule has 1 atom stereocenters. The molecule has 0 aliphatic heterocycles. The van der Waals surface area contributed by atoms with Crippen LogP contribution in [0.25, 0.3) is 0 Å². The minimum atomic E-state index is -4.73. The summed E-state index contributed by atoms with van der Waals surface area (Å²) >= 11 is 5.08. The lowest BCUT2D eigenvalue weighted by Gasteiger charge is -2.33. The lowest BCUT2D eigenvalue weighted by atomic mass is 9.90. The molecule has 0 aromatic heterocycles. The molecule has 0 heterocycles. The van der Waals surface area contributed by atoms with Crippen LogP contribution in [-0.2, 0) is 15.1 Å². The molecule has 1 aromatic carbocycles.